The van der Waals surface area contributed by atoms with Crippen LogP contribution >= 0.6 is 0 Å². The van der Waals surface area contributed by atoms with Gasteiger partial charge >= 0.3 is 0 Å². The first kappa shape index (κ1) is 19.1. The number of carbonyl (C=O) groups excluding carboxylic acids is 3. The van der Waals surface area contributed by atoms with Crippen LogP contribution in [0.2, 0.25) is 0 Å². The fourth-order valence-corrected chi connectivity index (χ4v) is 4.88. The van der Waals surface area contributed by atoms with Gasteiger partial charge in [-0.2, -0.15) is 0 Å². The highest BCUT2D eigenvalue weighted by Gasteiger charge is 2.40. The Balaban J connectivity index is 1.51. The van der Waals surface area contributed by atoms with Crippen molar-refractivity contribution in [2.45, 2.75) is 51.7 Å². The number of fused-ring (bicyclic) bond motifs is 1. The monoisotopic (exact) mass is 384 g/mol. The number of imide groups is 1. The Morgan fingerprint density at radius 1 is 1.29 bits per heavy atom. The molecule has 0 aromatic heterocycles. The summed E-state index contributed by atoms with van der Waals surface area (Å²) in [6.45, 7) is 6.14. The molecule has 0 saturated carbocycles. The van der Waals surface area contributed by atoms with E-state index in [1.807, 2.05) is 18.2 Å². The molecule has 0 bridgehead atoms. The summed E-state index contributed by atoms with van der Waals surface area (Å²) in [5.74, 6) is -0.722. The summed E-state index contributed by atoms with van der Waals surface area (Å²) in [6.07, 6.45) is 2.80. The molecule has 150 valence electrons. The highest BCUT2D eigenvalue weighted by Crippen LogP contribution is 2.35. The van der Waals surface area contributed by atoms with Crippen molar-refractivity contribution in [1.82, 2.24) is 15.1 Å². The average Bonchev–Trinajstić information content (AvgIpc) is 3.17. The largest absolute Gasteiger partial charge is 0.330 e. The van der Waals surface area contributed by atoms with Crippen LogP contribution in [0, 0.1) is 5.41 Å². The molecule has 0 radical (unpaired) electrons. The Morgan fingerprint density at radius 2 is 2.11 bits per heavy atom. The zero-order valence-corrected chi connectivity index (χ0v) is 16.4. The van der Waals surface area contributed by atoms with Crippen LogP contribution in [-0.4, -0.2) is 53.2 Å². The molecule has 1 aromatic rings. The number of rotatable bonds is 5. The summed E-state index contributed by atoms with van der Waals surface area (Å²) < 4.78 is 0. The van der Waals surface area contributed by atoms with Gasteiger partial charge in [0, 0.05) is 31.6 Å². The lowest BCUT2D eigenvalue weighted by molar-refractivity contribution is -0.136. The highest BCUT2D eigenvalue weighted by atomic mass is 16.2. The summed E-state index contributed by atoms with van der Waals surface area (Å²) >= 11 is 0. The van der Waals surface area contributed by atoms with Gasteiger partial charge in [-0.3, -0.25) is 24.6 Å². The second-order valence-electron chi connectivity index (χ2n) is 8.66. The molecule has 3 amide bonds. The maximum Gasteiger partial charge on any atom is 0.255 e. The maximum atomic E-state index is 13.2. The minimum Gasteiger partial charge on any atom is -0.330 e. The molecule has 7 heteroatoms. The number of nitrogens with two attached hydrogens (primary N) is 1. The van der Waals surface area contributed by atoms with Crippen LogP contribution in [-0.2, 0) is 22.7 Å². The normalized spacial score (nSPS) is 28.0. The third kappa shape index (κ3) is 3.44. The predicted octanol–water partition coefficient (Wildman–Crippen LogP) is 1.01. The number of nitrogens with zero attached hydrogens (tertiary/aromatic N) is 2. The fraction of sp³-hybridized carbons (Fsp3) is 0.571. The summed E-state index contributed by atoms with van der Waals surface area (Å²) in [5, 5.41) is 2.36. The van der Waals surface area contributed by atoms with Crippen LogP contribution in [0.5, 0.6) is 0 Å². The molecule has 3 aliphatic rings. The summed E-state index contributed by atoms with van der Waals surface area (Å²) in [5.41, 5.74) is 8.74. The topological polar surface area (TPSA) is 95.7 Å². The van der Waals surface area contributed by atoms with Gasteiger partial charge in [-0.05, 0) is 48.9 Å². The van der Waals surface area contributed by atoms with E-state index in [2.05, 4.69) is 17.1 Å². The number of hydrogen-bond acceptors (Lipinski definition) is 5. The SMILES string of the molecule is CC1(CCN)CCN(Cc2cccc3c2C(=O)N(C2CCC(=O)NC2=O)C3)C1. The van der Waals surface area contributed by atoms with Crippen molar-refractivity contribution in [3.63, 3.8) is 0 Å². The lowest BCUT2D eigenvalue weighted by Crippen LogP contribution is -2.52. The zero-order chi connectivity index (χ0) is 19.9. The summed E-state index contributed by atoms with van der Waals surface area (Å²) in [6, 6.07) is 5.41. The number of carbonyl (C=O) groups is 3. The highest BCUT2D eigenvalue weighted by molar-refractivity contribution is 6.05. The van der Waals surface area contributed by atoms with Crippen LogP contribution < -0.4 is 11.1 Å². The Labute approximate surface area is 165 Å². The average molecular weight is 384 g/mol. The summed E-state index contributed by atoms with van der Waals surface area (Å²) in [7, 11) is 0. The molecule has 3 N–H and O–H groups in total. The molecule has 28 heavy (non-hydrogen) atoms. The van der Waals surface area contributed by atoms with E-state index in [0.29, 0.717) is 19.5 Å². The van der Waals surface area contributed by atoms with Gasteiger partial charge in [0.2, 0.25) is 11.8 Å². The molecule has 3 heterocycles. The Morgan fingerprint density at radius 3 is 2.86 bits per heavy atom. The lowest BCUT2D eigenvalue weighted by Gasteiger charge is -2.29. The van der Waals surface area contributed by atoms with Crippen LogP contribution in [0.3, 0.4) is 0 Å². The molecule has 3 aliphatic heterocycles. The van der Waals surface area contributed by atoms with E-state index < -0.39 is 6.04 Å². The van der Waals surface area contributed by atoms with Gasteiger partial charge in [-0.25, -0.2) is 0 Å². The lowest BCUT2D eigenvalue weighted by atomic mass is 9.86. The number of nitrogens with one attached hydrogen (secondary N) is 1. The second kappa shape index (κ2) is 7.29. The molecule has 1 aromatic carbocycles. The van der Waals surface area contributed by atoms with Gasteiger partial charge in [0.15, 0.2) is 0 Å². The Hall–Kier alpha value is -2.25. The van der Waals surface area contributed by atoms with E-state index in [-0.39, 0.29) is 29.6 Å². The van der Waals surface area contributed by atoms with Crippen molar-refractivity contribution >= 4 is 17.7 Å². The van der Waals surface area contributed by atoms with E-state index in [4.69, 9.17) is 5.73 Å². The zero-order valence-electron chi connectivity index (χ0n) is 16.4. The molecule has 0 aliphatic carbocycles. The summed E-state index contributed by atoms with van der Waals surface area (Å²) in [4.78, 5) is 40.9. The molecule has 2 fully saturated rings. The first-order valence-corrected chi connectivity index (χ1v) is 10.1. The van der Waals surface area contributed by atoms with Crippen LogP contribution in [0.4, 0.5) is 0 Å². The van der Waals surface area contributed by atoms with Gasteiger partial charge in [0.1, 0.15) is 6.04 Å². The van der Waals surface area contributed by atoms with E-state index in [9.17, 15) is 14.4 Å². The van der Waals surface area contributed by atoms with Gasteiger partial charge < -0.3 is 10.6 Å². The molecular weight excluding hydrogens is 356 g/mol. The number of piperidine rings is 1. The Bertz CT molecular complexity index is 824. The minimum absolute atomic E-state index is 0.0935. The van der Waals surface area contributed by atoms with E-state index in [1.54, 1.807) is 4.90 Å². The molecule has 2 atom stereocenters. The number of hydrogen-bond donors (Lipinski definition) is 2. The quantitative estimate of drug-likeness (QED) is 0.739. The minimum atomic E-state index is -0.565. The van der Waals surface area contributed by atoms with Crippen molar-refractivity contribution in [2.24, 2.45) is 11.1 Å². The standard InChI is InChI=1S/C21H28N4O3/c1-21(7-9-22)8-10-24(13-21)11-14-3-2-4-15-12-25(20(28)18(14)15)16-5-6-17(26)23-19(16)27/h2-4,16H,5-13,22H2,1H3,(H,23,26,27). The fourth-order valence-electron chi connectivity index (χ4n) is 4.88. The van der Waals surface area contributed by atoms with Crippen molar-refractivity contribution in [3.05, 3.63) is 34.9 Å². The van der Waals surface area contributed by atoms with Gasteiger partial charge in [-0.15, -0.1) is 0 Å². The molecule has 4 rings (SSSR count). The van der Waals surface area contributed by atoms with E-state index in [0.717, 1.165) is 49.2 Å². The van der Waals surface area contributed by atoms with E-state index in [1.165, 1.54) is 0 Å². The van der Waals surface area contributed by atoms with Crippen LogP contribution in [0.15, 0.2) is 18.2 Å². The van der Waals surface area contributed by atoms with Crippen LogP contribution in [0.1, 0.15) is 54.1 Å². The Kier molecular flexibility index (Phi) is 4.97. The third-order valence-corrected chi connectivity index (χ3v) is 6.42. The first-order chi connectivity index (χ1) is 13.4. The second-order valence-corrected chi connectivity index (χ2v) is 8.66. The number of amides is 3. The number of likely N-dealkylation sites (tertiary alicyclic amines) is 1. The van der Waals surface area contributed by atoms with Crippen molar-refractivity contribution in [3.8, 4) is 0 Å². The van der Waals surface area contributed by atoms with Gasteiger partial charge in [0.25, 0.3) is 5.91 Å². The molecule has 0 spiro atoms. The number of benzene rings is 1. The first-order valence-electron chi connectivity index (χ1n) is 10.1. The van der Waals surface area contributed by atoms with Crippen LogP contribution in [0.25, 0.3) is 0 Å². The maximum absolute atomic E-state index is 13.2. The molecule has 2 unspecified atom stereocenters. The smallest absolute Gasteiger partial charge is 0.255 e. The predicted molar refractivity (Wildman–Crippen MR) is 104 cm³/mol. The molecule has 7 nitrogen and oxygen atoms in total. The van der Waals surface area contributed by atoms with Crippen molar-refractivity contribution in [1.29, 1.82) is 0 Å². The van der Waals surface area contributed by atoms with Gasteiger partial charge in [0.05, 0.1) is 0 Å². The van der Waals surface area contributed by atoms with Gasteiger partial charge in [-0.1, -0.05) is 25.1 Å². The van der Waals surface area contributed by atoms with Crippen molar-refractivity contribution < 1.29 is 14.4 Å². The molecule has 2 saturated heterocycles. The van der Waals surface area contributed by atoms with Crippen molar-refractivity contribution in [2.75, 3.05) is 19.6 Å². The van der Waals surface area contributed by atoms with E-state index >= 15 is 0 Å². The third-order valence-electron chi connectivity index (χ3n) is 6.42. The molecular formula is C21H28N4O3.